The van der Waals surface area contributed by atoms with Gasteiger partial charge in [-0.25, -0.2) is 4.98 Å². The van der Waals surface area contributed by atoms with E-state index in [0.29, 0.717) is 6.61 Å². The van der Waals surface area contributed by atoms with Gasteiger partial charge >= 0.3 is 0 Å². The molecule has 1 N–H and O–H groups in total. The van der Waals surface area contributed by atoms with E-state index in [2.05, 4.69) is 62.4 Å². The van der Waals surface area contributed by atoms with Crippen molar-refractivity contribution in [3.63, 3.8) is 0 Å². The van der Waals surface area contributed by atoms with Crippen LogP contribution in [0.15, 0.2) is 67.0 Å². The second-order valence-corrected chi connectivity index (χ2v) is 8.83. The SMILES string of the molecule is COCCCN1C(=S)N[C@@H](c2ccccn2)[C@H]1c1cccn1-c1nc2ccccc2s1. The van der Waals surface area contributed by atoms with Crippen molar-refractivity contribution < 1.29 is 4.74 Å². The zero-order chi connectivity index (χ0) is 21.2. The molecule has 8 heteroatoms. The lowest BCUT2D eigenvalue weighted by molar-refractivity contribution is 0.180. The summed E-state index contributed by atoms with van der Waals surface area (Å²) in [5.74, 6) is 0. The molecule has 1 aromatic carbocycles. The summed E-state index contributed by atoms with van der Waals surface area (Å²) in [6.45, 7) is 1.50. The number of para-hydroxylation sites is 1. The van der Waals surface area contributed by atoms with E-state index in [4.69, 9.17) is 21.9 Å². The van der Waals surface area contributed by atoms with Gasteiger partial charge in [-0.15, -0.1) is 0 Å². The molecule has 0 bridgehead atoms. The average Bonchev–Trinajstić information content (AvgIpc) is 3.51. The number of hydrogen-bond donors (Lipinski definition) is 1. The van der Waals surface area contributed by atoms with Gasteiger partial charge in [0, 0.05) is 32.7 Å². The number of nitrogens with zero attached hydrogens (tertiary/aromatic N) is 4. The molecule has 31 heavy (non-hydrogen) atoms. The Balaban J connectivity index is 1.57. The third-order valence-corrected chi connectivity index (χ3v) is 6.91. The topological polar surface area (TPSA) is 55.2 Å². The number of rotatable bonds is 7. The zero-order valence-corrected chi connectivity index (χ0v) is 18.8. The zero-order valence-electron chi connectivity index (χ0n) is 17.1. The van der Waals surface area contributed by atoms with Crippen LogP contribution in [0.2, 0.25) is 0 Å². The van der Waals surface area contributed by atoms with Crippen molar-refractivity contribution in [2.24, 2.45) is 0 Å². The molecule has 0 aliphatic carbocycles. The van der Waals surface area contributed by atoms with E-state index >= 15 is 0 Å². The summed E-state index contributed by atoms with van der Waals surface area (Å²) in [7, 11) is 1.73. The van der Waals surface area contributed by atoms with E-state index in [1.165, 1.54) is 4.70 Å². The molecule has 0 unspecified atom stereocenters. The van der Waals surface area contributed by atoms with Crippen molar-refractivity contribution in [3.05, 3.63) is 78.4 Å². The van der Waals surface area contributed by atoms with Crippen LogP contribution in [0.25, 0.3) is 15.3 Å². The molecule has 1 aliphatic rings. The summed E-state index contributed by atoms with van der Waals surface area (Å²) >= 11 is 7.45. The van der Waals surface area contributed by atoms with E-state index in [9.17, 15) is 0 Å². The largest absolute Gasteiger partial charge is 0.385 e. The second kappa shape index (κ2) is 8.74. The fraction of sp³-hybridized carbons (Fsp3) is 0.261. The van der Waals surface area contributed by atoms with Gasteiger partial charge in [0.05, 0.1) is 33.7 Å². The number of fused-ring (bicyclic) bond motifs is 1. The van der Waals surface area contributed by atoms with Gasteiger partial charge in [-0.3, -0.25) is 9.55 Å². The van der Waals surface area contributed by atoms with Crippen molar-refractivity contribution in [3.8, 4) is 5.13 Å². The van der Waals surface area contributed by atoms with Crippen molar-refractivity contribution in [1.29, 1.82) is 0 Å². The maximum absolute atomic E-state index is 5.75. The summed E-state index contributed by atoms with van der Waals surface area (Å²) in [5, 5.41) is 5.21. The lowest BCUT2D eigenvalue weighted by Gasteiger charge is -2.28. The lowest BCUT2D eigenvalue weighted by Crippen LogP contribution is -2.32. The number of aromatic nitrogens is 3. The van der Waals surface area contributed by atoms with Gasteiger partial charge in [0.2, 0.25) is 0 Å². The Hall–Kier alpha value is -2.81. The maximum Gasteiger partial charge on any atom is 0.194 e. The molecular formula is C23H23N5OS2. The first-order valence-electron chi connectivity index (χ1n) is 10.3. The van der Waals surface area contributed by atoms with Gasteiger partial charge in [-0.05, 0) is 55.0 Å². The number of thiazole rings is 1. The van der Waals surface area contributed by atoms with Gasteiger partial charge in [0.15, 0.2) is 10.2 Å². The minimum Gasteiger partial charge on any atom is -0.385 e. The minimum absolute atomic E-state index is 0.00117. The molecule has 0 amide bonds. The summed E-state index contributed by atoms with van der Waals surface area (Å²) in [6.07, 6.45) is 4.81. The highest BCUT2D eigenvalue weighted by molar-refractivity contribution is 7.80. The molecule has 0 radical (unpaired) electrons. The number of pyridine rings is 1. The molecule has 1 saturated heterocycles. The first kappa shape index (κ1) is 20.1. The smallest absolute Gasteiger partial charge is 0.194 e. The van der Waals surface area contributed by atoms with E-state index < -0.39 is 0 Å². The van der Waals surface area contributed by atoms with Crippen LogP contribution in [0.4, 0.5) is 0 Å². The van der Waals surface area contributed by atoms with Gasteiger partial charge < -0.3 is 15.0 Å². The number of nitrogens with one attached hydrogen (secondary N) is 1. The summed E-state index contributed by atoms with van der Waals surface area (Å²) in [6, 6.07) is 18.4. The van der Waals surface area contributed by atoms with Crippen LogP contribution in [0, 0.1) is 0 Å². The van der Waals surface area contributed by atoms with Crippen LogP contribution in [-0.2, 0) is 4.74 Å². The Bertz CT molecular complexity index is 1160. The molecule has 158 valence electrons. The quantitative estimate of drug-likeness (QED) is 0.331. The molecule has 5 rings (SSSR count). The van der Waals surface area contributed by atoms with Gasteiger partial charge in [0.25, 0.3) is 0 Å². The molecule has 6 nitrogen and oxygen atoms in total. The third kappa shape index (κ3) is 3.82. The monoisotopic (exact) mass is 449 g/mol. The predicted octanol–water partition coefficient (Wildman–Crippen LogP) is 4.49. The normalized spacial score (nSPS) is 18.6. The Labute approximate surface area is 190 Å². The molecule has 0 saturated carbocycles. The minimum atomic E-state index is -0.0423. The van der Waals surface area contributed by atoms with Gasteiger partial charge in [-0.1, -0.05) is 29.5 Å². The number of hydrogen-bond acceptors (Lipinski definition) is 5. The fourth-order valence-corrected chi connectivity index (χ4v) is 5.42. The van der Waals surface area contributed by atoms with Crippen molar-refractivity contribution in [2.45, 2.75) is 18.5 Å². The Morgan fingerprint density at radius 3 is 2.81 bits per heavy atom. The van der Waals surface area contributed by atoms with Crippen molar-refractivity contribution >= 4 is 38.9 Å². The number of methoxy groups -OCH3 is 1. The first-order chi connectivity index (χ1) is 15.3. The maximum atomic E-state index is 5.75. The first-order valence-corrected chi connectivity index (χ1v) is 11.5. The molecular weight excluding hydrogens is 426 g/mol. The van der Waals surface area contributed by atoms with E-state index in [-0.39, 0.29) is 12.1 Å². The van der Waals surface area contributed by atoms with Crippen molar-refractivity contribution in [1.82, 2.24) is 24.8 Å². The Morgan fingerprint density at radius 2 is 2.00 bits per heavy atom. The van der Waals surface area contributed by atoms with Crippen LogP contribution in [0.3, 0.4) is 0 Å². The second-order valence-electron chi connectivity index (χ2n) is 7.43. The molecule has 0 spiro atoms. The molecule has 1 fully saturated rings. The van der Waals surface area contributed by atoms with Crippen LogP contribution < -0.4 is 5.32 Å². The average molecular weight is 450 g/mol. The number of ether oxygens (including phenoxy) is 1. The van der Waals surface area contributed by atoms with Crippen molar-refractivity contribution in [2.75, 3.05) is 20.3 Å². The highest BCUT2D eigenvalue weighted by atomic mass is 32.1. The summed E-state index contributed by atoms with van der Waals surface area (Å²) < 4.78 is 8.65. The van der Waals surface area contributed by atoms with Crippen LogP contribution in [0.5, 0.6) is 0 Å². The molecule has 2 atom stereocenters. The Morgan fingerprint density at radius 1 is 1.13 bits per heavy atom. The van der Waals surface area contributed by atoms with Gasteiger partial charge in [-0.2, -0.15) is 0 Å². The van der Waals surface area contributed by atoms with E-state index in [1.54, 1.807) is 18.4 Å². The standard InChI is InChI=1S/C23H23N5OS2/c1-29-15-7-14-28-21(20(26-22(28)30)17-9-4-5-12-24-17)18-10-6-13-27(18)23-25-16-8-2-3-11-19(16)31-23/h2-6,8-13,20-21H,7,14-15H2,1H3,(H,26,30)/t20-,21+/m0/s1. The summed E-state index contributed by atoms with van der Waals surface area (Å²) in [5.41, 5.74) is 3.13. The van der Waals surface area contributed by atoms with Gasteiger partial charge in [0.1, 0.15) is 0 Å². The fourth-order valence-electron chi connectivity index (χ4n) is 4.12. The molecule has 4 aromatic rings. The lowest BCUT2D eigenvalue weighted by atomic mass is 10.0. The highest BCUT2D eigenvalue weighted by Crippen LogP contribution is 2.40. The highest BCUT2D eigenvalue weighted by Gasteiger charge is 2.41. The number of thiocarbonyl (C=S) groups is 1. The molecule has 4 heterocycles. The van der Waals surface area contributed by atoms with E-state index in [0.717, 1.165) is 40.1 Å². The summed E-state index contributed by atoms with van der Waals surface area (Å²) in [4.78, 5) is 11.8. The Kier molecular flexibility index (Phi) is 5.67. The number of benzene rings is 1. The third-order valence-electron chi connectivity index (χ3n) is 5.52. The van der Waals surface area contributed by atoms with Crippen LogP contribution >= 0.6 is 23.6 Å². The van der Waals surface area contributed by atoms with Crippen LogP contribution in [0.1, 0.15) is 29.9 Å². The molecule has 3 aromatic heterocycles. The van der Waals surface area contributed by atoms with E-state index in [1.807, 2.05) is 24.4 Å². The predicted molar refractivity (Wildman–Crippen MR) is 128 cm³/mol. The molecule has 1 aliphatic heterocycles. The van der Waals surface area contributed by atoms with Crippen LogP contribution in [-0.4, -0.2) is 44.8 Å².